The number of carbonyl (C=O) groups excluding carboxylic acids is 1. The highest BCUT2D eigenvalue weighted by Crippen LogP contribution is 2.31. The molecule has 128 valence electrons. The molecule has 2 heterocycles. The molecule has 0 aliphatic heterocycles. The van der Waals surface area contributed by atoms with Gasteiger partial charge >= 0.3 is 0 Å². The van der Waals surface area contributed by atoms with E-state index in [1.165, 1.54) is 12.1 Å². The molecule has 0 spiro atoms. The molecule has 0 radical (unpaired) electrons. The second-order valence-electron chi connectivity index (χ2n) is 6.19. The molecule has 1 aromatic carbocycles. The zero-order valence-electron chi connectivity index (χ0n) is 13.7. The predicted octanol–water partition coefficient (Wildman–Crippen LogP) is 3.12. The highest BCUT2D eigenvalue weighted by atomic mass is 19.1. The fourth-order valence-electron chi connectivity index (χ4n) is 3.21. The summed E-state index contributed by atoms with van der Waals surface area (Å²) in [6.45, 7) is 1.77. The summed E-state index contributed by atoms with van der Waals surface area (Å²) >= 11 is 0. The molecule has 1 aliphatic rings. The van der Waals surface area contributed by atoms with Gasteiger partial charge in [0.05, 0.1) is 23.6 Å². The zero-order chi connectivity index (χ0) is 17.4. The minimum atomic E-state index is -0.284. The van der Waals surface area contributed by atoms with Gasteiger partial charge in [-0.05, 0) is 50.5 Å². The largest absolute Gasteiger partial charge is 0.351 e. The Bertz CT molecular complexity index is 914. The van der Waals surface area contributed by atoms with Gasteiger partial charge in [0.1, 0.15) is 5.82 Å². The van der Waals surface area contributed by atoms with Crippen LogP contribution in [0.4, 0.5) is 4.39 Å². The SMILES string of the molecule is Cc1cc(C(=O)N[C@H]2CCCc3c2cnn3-c2ccc(F)cc2)on1. The van der Waals surface area contributed by atoms with E-state index in [2.05, 4.69) is 15.6 Å². The maximum Gasteiger partial charge on any atom is 0.290 e. The Morgan fingerprint density at radius 3 is 2.88 bits per heavy atom. The summed E-state index contributed by atoms with van der Waals surface area (Å²) in [4.78, 5) is 12.3. The molecule has 0 fully saturated rings. The molecule has 1 N–H and O–H groups in total. The minimum Gasteiger partial charge on any atom is -0.351 e. The number of rotatable bonds is 3. The van der Waals surface area contributed by atoms with Crippen molar-refractivity contribution in [3.63, 3.8) is 0 Å². The topological polar surface area (TPSA) is 73.0 Å². The summed E-state index contributed by atoms with van der Waals surface area (Å²) < 4.78 is 20.0. The van der Waals surface area contributed by atoms with Crippen molar-refractivity contribution in [2.24, 2.45) is 0 Å². The van der Waals surface area contributed by atoms with E-state index in [9.17, 15) is 9.18 Å². The van der Waals surface area contributed by atoms with Gasteiger partial charge in [-0.1, -0.05) is 5.16 Å². The van der Waals surface area contributed by atoms with E-state index in [1.807, 2.05) is 4.68 Å². The van der Waals surface area contributed by atoms with Crippen LogP contribution in [0.1, 0.15) is 46.4 Å². The van der Waals surface area contributed by atoms with Crippen molar-refractivity contribution in [3.8, 4) is 5.69 Å². The normalized spacial score (nSPS) is 16.5. The van der Waals surface area contributed by atoms with Crippen LogP contribution >= 0.6 is 0 Å². The molecule has 1 amide bonds. The van der Waals surface area contributed by atoms with E-state index in [4.69, 9.17) is 4.52 Å². The van der Waals surface area contributed by atoms with Crippen LogP contribution in [0, 0.1) is 12.7 Å². The van der Waals surface area contributed by atoms with Crippen molar-refractivity contribution in [3.05, 3.63) is 65.1 Å². The monoisotopic (exact) mass is 340 g/mol. The van der Waals surface area contributed by atoms with Gasteiger partial charge < -0.3 is 9.84 Å². The number of nitrogens with zero attached hydrogens (tertiary/aromatic N) is 3. The lowest BCUT2D eigenvalue weighted by molar-refractivity contribution is 0.0895. The molecule has 0 saturated carbocycles. The number of halogens is 1. The van der Waals surface area contributed by atoms with Crippen molar-refractivity contribution in [2.45, 2.75) is 32.2 Å². The number of aryl methyl sites for hydroxylation is 1. The maximum atomic E-state index is 13.1. The van der Waals surface area contributed by atoms with Gasteiger partial charge in [0.2, 0.25) is 5.76 Å². The van der Waals surface area contributed by atoms with Gasteiger partial charge in [0.15, 0.2) is 0 Å². The Balaban J connectivity index is 1.60. The summed E-state index contributed by atoms with van der Waals surface area (Å²) in [5, 5.41) is 11.2. The smallest absolute Gasteiger partial charge is 0.290 e. The molecule has 0 unspecified atom stereocenters. The maximum absolute atomic E-state index is 13.1. The highest BCUT2D eigenvalue weighted by molar-refractivity contribution is 5.91. The molecule has 4 rings (SSSR count). The fourth-order valence-corrected chi connectivity index (χ4v) is 3.21. The summed E-state index contributed by atoms with van der Waals surface area (Å²) in [5.41, 5.74) is 3.50. The van der Waals surface area contributed by atoms with Crippen LogP contribution < -0.4 is 5.32 Å². The highest BCUT2D eigenvalue weighted by Gasteiger charge is 2.27. The Morgan fingerprint density at radius 2 is 2.16 bits per heavy atom. The van der Waals surface area contributed by atoms with Crippen LogP contribution in [0.5, 0.6) is 0 Å². The molecule has 1 aliphatic carbocycles. The number of aromatic nitrogens is 3. The lowest BCUT2D eigenvalue weighted by Crippen LogP contribution is -2.30. The van der Waals surface area contributed by atoms with Crippen molar-refractivity contribution in [1.29, 1.82) is 0 Å². The third-order valence-electron chi connectivity index (χ3n) is 4.41. The van der Waals surface area contributed by atoms with Crippen LogP contribution in [-0.4, -0.2) is 20.8 Å². The number of fused-ring (bicyclic) bond motifs is 1. The van der Waals surface area contributed by atoms with Gasteiger partial charge in [0.25, 0.3) is 5.91 Å². The first-order chi connectivity index (χ1) is 12.1. The van der Waals surface area contributed by atoms with Gasteiger partial charge in [-0.15, -0.1) is 0 Å². The Morgan fingerprint density at radius 1 is 1.36 bits per heavy atom. The number of hydrogen-bond acceptors (Lipinski definition) is 4. The van der Waals surface area contributed by atoms with Crippen LogP contribution in [-0.2, 0) is 6.42 Å². The molecular weight excluding hydrogens is 323 g/mol. The summed E-state index contributed by atoms with van der Waals surface area (Å²) in [6, 6.07) is 7.71. The second-order valence-corrected chi connectivity index (χ2v) is 6.19. The van der Waals surface area contributed by atoms with Crippen LogP contribution in [0.15, 0.2) is 41.1 Å². The molecule has 0 saturated heterocycles. The summed E-state index contributed by atoms with van der Waals surface area (Å²) in [5.74, 6) is -0.360. The van der Waals surface area contributed by atoms with Crippen molar-refractivity contribution < 1.29 is 13.7 Å². The Labute approximate surface area is 143 Å². The third-order valence-corrected chi connectivity index (χ3v) is 4.41. The van der Waals surface area contributed by atoms with Crippen molar-refractivity contribution >= 4 is 5.91 Å². The molecule has 7 heteroatoms. The lowest BCUT2D eigenvalue weighted by atomic mass is 9.92. The molecule has 25 heavy (non-hydrogen) atoms. The van der Waals surface area contributed by atoms with E-state index in [0.717, 1.165) is 36.2 Å². The second kappa shape index (κ2) is 6.16. The summed E-state index contributed by atoms with van der Waals surface area (Å²) in [7, 11) is 0. The standard InChI is InChI=1S/C18H17FN4O2/c1-11-9-17(25-22-11)18(24)21-15-3-2-4-16-14(15)10-20-23(16)13-7-5-12(19)6-8-13/h5-10,15H,2-4H2,1H3,(H,21,24)/t15-/m0/s1. The average molecular weight is 340 g/mol. The quantitative estimate of drug-likeness (QED) is 0.795. The third kappa shape index (κ3) is 2.93. The molecule has 1 atom stereocenters. The van der Waals surface area contributed by atoms with E-state index in [1.54, 1.807) is 31.3 Å². The van der Waals surface area contributed by atoms with Gasteiger partial charge in [0, 0.05) is 17.3 Å². The molecule has 3 aromatic rings. The number of benzene rings is 1. The minimum absolute atomic E-state index is 0.129. The Hall–Kier alpha value is -2.96. The van der Waals surface area contributed by atoms with E-state index in [0.29, 0.717) is 5.69 Å². The molecule has 0 bridgehead atoms. The number of carbonyl (C=O) groups is 1. The molecule has 2 aromatic heterocycles. The first-order valence-corrected chi connectivity index (χ1v) is 8.19. The van der Waals surface area contributed by atoms with E-state index < -0.39 is 0 Å². The predicted molar refractivity (Wildman–Crippen MR) is 87.9 cm³/mol. The zero-order valence-corrected chi connectivity index (χ0v) is 13.7. The van der Waals surface area contributed by atoms with Crippen LogP contribution in [0.25, 0.3) is 5.69 Å². The van der Waals surface area contributed by atoms with Gasteiger partial charge in [-0.3, -0.25) is 4.79 Å². The number of hydrogen-bond donors (Lipinski definition) is 1. The average Bonchev–Trinajstić information content (AvgIpc) is 3.23. The van der Waals surface area contributed by atoms with Crippen molar-refractivity contribution in [1.82, 2.24) is 20.3 Å². The van der Waals surface area contributed by atoms with Gasteiger partial charge in [-0.25, -0.2) is 9.07 Å². The van der Waals surface area contributed by atoms with E-state index >= 15 is 0 Å². The number of amides is 1. The van der Waals surface area contributed by atoms with Crippen molar-refractivity contribution in [2.75, 3.05) is 0 Å². The fraction of sp³-hybridized carbons (Fsp3) is 0.278. The van der Waals surface area contributed by atoms with Crippen LogP contribution in [0.2, 0.25) is 0 Å². The molecule has 6 nitrogen and oxygen atoms in total. The Kier molecular flexibility index (Phi) is 3.83. The van der Waals surface area contributed by atoms with Crippen LogP contribution in [0.3, 0.4) is 0 Å². The summed E-state index contributed by atoms with van der Waals surface area (Å²) in [6.07, 6.45) is 4.40. The first kappa shape index (κ1) is 15.6. The lowest BCUT2D eigenvalue weighted by Gasteiger charge is -2.23. The van der Waals surface area contributed by atoms with Gasteiger partial charge in [-0.2, -0.15) is 5.10 Å². The molecular formula is C18H17FN4O2. The van der Waals surface area contributed by atoms with E-state index in [-0.39, 0.29) is 23.5 Å². The number of nitrogens with one attached hydrogen (secondary N) is 1. The first-order valence-electron chi connectivity index (χ1n) is 8.19.